The molecule has 0 amide bonds. The Morgan fingerprint density at radius 1 is 1.22 bits per heavy atom. The van der Waals surface area contributed by atoms with Gasteiger partial charge in [0.25, 0.3) is 0 Å². The maximum Gasteiger partial charge on any atom is 0.0593 e. The van der Waals surface area contributed by atoms with Crippen molar-refractivity contribution in [3.8, 4) is 0 Å². The van der Waals surface area contributed by atoms with Crippen molar-refractivity contribution in [1.82, 2.24) is 4.90 Å². The number of ether oxygens (including phenoxy) is 1. The first-order valence-electron chi connectivity index (χ1n) is 7.71. The molecule has 3 nitrogen and oxygen atoms in total. The number of nitrogens with zero attached hydrogens (tertiary/aromatic N) is 1. The third-order valence-electron chi connectivity index (χ3n) is 5.18. The molecule has 0 aromatic heterocycles. The minimum atomic E-state index is 0.277. The fourth-order valence-electron chi connectivity index (χ4n) is 3.71. The summed E-state index contributed by atoms with van der Waals surface area (Å²) in [4.78, 5) is 2.64. The van der Waals surface area contributed by atoms with E-state index >= 15 is 0 Å². The van der Waals surface area contributed by atoms with Crippen LogP contribution < -0.4 is 5.73 Å². The van der Waals surface area contributed by atoms with Gasteiger partial charge in [0.1, 0.15) is 0 Å². The highest BCUT2D eigenvalue weighted by Gasteiger charge is 2.39. The topological polar surface area (TPSA) is 38.5 Å². The van der Waals surface area contributed by atoms with Gasteiger partial charge in [0.2, 0.25) is 0 Å². The molecule has 2 fully saturated rings. The van der Waals surface area contributed by atoms with Crippen LogP contribution in [0.15, 0.2) is 0 Å². The molecule has 0 unspecified atom stereocenters. The normalized spacial score (nSPS) is 35.7. The van der Waals surface area contributed by atoms with Crippen molar-refractivity contribution in [3.63, 3.8) is 0 Å². The van der Waals surface area contributed by atoms with E-state index in [0.29, 0.717) is 0 Å². The number of hydrogen-bond donors (Lipinski definition) is 1. The van der Waals surface area contributed by atoms with E-state index < -0.39 is 0 Å². The zero-order chi connectivity index (χ0) is 13.0. The number of rotatable bonds is 3. The minimum absolute atomic E-state index is 0.277. The van der Waals surface area contributed by atoms with E-state index in [1.807, 2.05) is 0 Å². The standard InChI is InChI=1S/C15H30N2O/c1-13(2)14-4-6-15(12-16,7-5-14)17-8-3-10-18-11-9-17/h13-14H,3-12,16H2,1-2H3. The van der Waals surface area contributed by atoms with Gasteiger partial charge in [-0.3, -0.25) is 4.90 Å². The quantitative estimate of drug-likeness (QED) is 0.839. The highest BCUT2D eigenvalue weighted by molar-refractivity contribution is 4.96. The predicted octanol–water partition coefficient (Wildman–Crippen LogP) is 2.25. The van der Waals surface area contributed by atoms with Gasteiger partial charge in [-0.1, -0.05) is 13.8 Å². The van der Waals surface area contributed by atoms with Crippen LogP contribution >= 0.6 is 0 Å². The second-order valence-electron chi connectivity index (χ2n) is 6.46. The second kappa shape index (κ2) is 6.36. The van der Waals surface area contributed by atoms with Crippen molar-refractivity contribution in [1.29, 1.82) is 0 Å². The molecule has 0 aromatic carbocycles. The SMILES string of the molecule is CC(C)C1CCC(CN)(N2CCCOCC2)CC1. The summed E-state index contributed by atoms with van der Waals surface area (Å²) in [6.45, 7) is 9.59. The molecule has 1 heterocycles. The van der Waals surface area contributed by atoms with Crippen LogP contribution in [0.25, 0.3) is 0 Å². The van der Waals surface area contributed by atoms with Gasteiger partial charge in [-0.25, -0.2) is 0 Å². The highest BCUT2D eigenvalue weighted by atomic mass is 16.5. The van der Waals surface area contributed by atoms with Crippen molar-refractivity contribution in [2.45, 2.75) is 51.5 Å². The summed E-state index contributed by atoms with van der Waals surface area (Å²) in [5, 5.41) is 0. The van der Waals surface area contributed by atoms with Crippen LogP contribution in [0, 0.1) is 11.8 Å². The van der Waals surface area contributed by atoms with Crippen LogP contribution in [-0.2, 0) is 4.74 Å². The van der Waals surface area contributed by atoms with Gasteiger partial charge in [0.05, 0.1) is 6.61 Å². The van der Waals surface area contributed by atoms with Crippen molar-refractivity contribution in [2.75, 3.05) is 32.8 Å². The van der Waals surface area contributed by atoms with E-state index in [-0.39, 0.29) is 5.54 Å². The molecule has 0 radical (unpaired) electrons. The lowest BCUT2D eigenvalue weighted by atomic mass is 9.72. The molecule has 1 aliphatic heterocycles. The monoisotopic (exact) mass is 254 g/mol. The average molecular weight is 254 g/mol. The third-order valence-corrected chi connectivity index (χ3v) is 5.18. The Balaban J connectivity index is 1.98. The van der Waals surface area contributed by atoms with Crippen LogP contribution in [0.1, 0.15) is 46.0 Å². The van der Waals surface area contributed by atoms with Crippen molar-refractivity contribution < 1.29 is 4.74 Å². The lowest BCUT2D eigenvalue weighted by Crippen LogP contribution is -2.56. The van der Waals surface area contributed by atoms with Gasteiger partial charge in [-0.15, -0.1) is 0 Å². The maximum absolute atomic E-state index is 6.16. The van der Waals surface area contributed by atoms with Crippen LogP contribution in [-0.4, -0.2) is 43.3 Å². The zero-order valence-electron chi connectivity index (χ0n) is 12.2. The minimum Gasteiger partial charge on any atom is -0.380 e. The Bertz CT molecular complexity index is 239. The van der Waals surface area contributed by atoms with Crippen molar-refractivity contribution in [2.24, 2.45) is 17.6 Å². The summed E-state index contributed by atoms with van der Waals surface area (Å²) in [7, 11) is 0. The van der Waals surface area contributed by atoms with Gasteiger partial charge >= 0.3 is 0 Å². The molecule has 18 heavy (non-hydrogen) atoms. The van der Waals surface area contributed by atoms with Crippen molar-refractivity contribution >= 4 is 0 Å². The van der Waals surface area contributed by atoms with E-state index in [1.165, 1.54) is 32.2 Å². The molecule has 0 atom stereocenters. The summed E-state index contributed by atoms with van der Waals surface area (Å²) in [5.41, 5.74) is 6.44. The highest BCUT2D eigenvalue weighted by Crippen LogP contribution is 2.39. The molecule has 0 spiro atoms. The summed E-state index contributed by atoms with van der Waals surface area (Å²) < 4.78 is 5.58. The van der Waals surface area contributed by atoms with Crippen LogP contribution in [0.5, 0.6) is 0 Å². The van der Waals surface area contributed by atoms with Crippen molar-refractivity contribution in [3.05, 3.63) is 0 Å². The average Bonchev–Trinajstić information content (AvgIpc) is 2.68. The molecule has 0 bridgehead atoms. The lowest BCUT2D eigenvalue weighted by Gasteiger charge is -2.48. The Morgan fingerprint density at radius 2 is 1.94 bits per heavy atom. The molecule has 2 aliphatic rings. The van der Waals surface area contributed by atoms with Crippen LogP contribution in [0.4, 0.5) is 0 Å². The fraction of sp³-hybridized carbons (Fsp3) is 1.00. The molecular weight excluding hydrogens is 224 g/mol. The molecule has 106 valence electrons. The molecule has 1 saturated heterocycles. The first kappa shape index (κ1) is 14.3. The lowest BCUT2D eigenvalue weighted by molar-refractivity contribution is 0.0319. The van der Waals surface area contributed by atoms with Gasteiger partial charge in [-0.05, 0) is 43.9 Å². The summed E-state index contributed by atoms with van der Waals surface area (Å²) in [6, 6.07) is 0. The smallest absolute Gasteiger partial charge is 0.0593 e. The third kappa shape index (κ3) is 3.06. The number of hydrogen-bond acceptors (Lipinski definition) is 3. The van der Waals surface area contributed by atoms with E-state index in [1.54, 1.807) is 0 Å². The van der Waals surface area contributed by atoms with E-state index in [4.69, 9.17) is 10.5 Å². The Kier molecular flexibility index (Phi) is 5.05. The molecule has 0 aromatic rings. The first-order chi connectivity index (χ1) is 8.68. The van der Waals surface area contributed by atoms with Crippen LogP contribution in [0.3, 0.4) is 0 Å². The Morgan fingerprint density at radius 3 is 2.56 bits per heavy atom. The Hall–Kier alpha value is -0.120. The second-order valence-corrected chi connectivity index (χ2v) is 6.46. The summed E-state index contributed by atoms with van der Waals surface area (Å²) in [6.07, 6.45) is 6.44. The van der Waals surface area contributed by atoms with E-state index in [0.717, 1.165) is 44.6 Å². The maximum atomic E-state index is 6.16. The number of nitrogens with two attached hydrogens (primary N) is 1. The Labute approximate surface area is 112 Å². The molecule has 2 rings (SSSR count). The van der Waals surface area contributed by atoms with Gasteiger partial charge in [-0.2, -0.15) is 0 Å². The molecule has 1 saturated carbocycles. The first-order valence-corrected chi connectivity index (χ1v) is 7.71. The summed E-state index contributed by atoms with van der Waals surface area (Å²) in [5.74, 6) is 1.74. The summed E-state index contributed by atoms with van der Waals surface area (Å²) >= 11 is 0. The van der Waals surface area contributed by atoms with E-state index in [9.17, 15) is 0 Å². The van der Waals surface area contributed by atoms with Gasteiger partial charge in [0.15, 0.2) is 0 Å². The molecule has 2 N–H and O–H groups in total. The molecule has 1 aliphatic carbocycles. The van der Waals surface area contributed by atoms with Gasteiger partial charge < -0.3 is 10.5 Å². The largest absolute Gasteiger partial charge is 0.380 e. The predicted molar refractivity (Wildman–Crippen MR) is 75.6 cm³/mol. The fourth-order valence-corrected chi connectivity index (χ4v) is 3.71. The van der Waals surface area contributed by atoms with Crippen LogP contribution in [0.2, 0.25) is 0 Å². The molecular formula is C15H30N2O. The molecule has 3 heteroatoms. The van der Waals surface area contributed by atoms with Gasteiger partial charge in [0, 0.05) is 31.8 Å². The zero-order valence-corrected chi connectivity index (χ0v) is 12.2. The van der Waals surface area contributed by atoms with E-state index in [2.05, 4.69) is 18.7 Å².